The van der Waals surface area contributed by atoms with Gasteiger partial charge in [0.25, 0.3) is 0 Å². The van der Waals surface area contributed by atoms with Crippen LogP contribution in [0.15, 0.2) is 0 Å². The van der Waals surface area contributed by atoms with Crippen molar-refractivity contribution in [1.82, 2.24) is 8.75 Å². The largest absolute Gasteiger partial charge is 0.377 e. The van der Waals surface area contributed by atoms with Gasteiger partial charge in [0.15, 0.2) is 11.0 Å². The summed E-state index contributed by atoms with van der Waals surface area (Å²) in [4.78, 5) is 2.14. The van der Waals surface area contributed by atoms with Gasteiger partial charge in [0.2, 0.25) is 0 Å². The van der Waals surface area contributed by atoms with Crippen LogP contribution in [-0.4, -0.2) is 34.5 Å². The molecule has 14 heavy (non-hydrogen) atoms. The van der Waals surface area contributed by atoms with E-state index >= 15 is 0 Å². The third-order valence-corrected chi connectivity index (χ3v) is 3.06. The molecular formula is C8H12ClN3OS. The second-order valence-corrected chi connectivity index (χ2v) is 4.25. The Hall–Kier alpha value is -0.390. The van der Waals surface area contributed by atoms with E-state index in [-0.39, 0.29) is 6.10 Å². The van der Waals surface area contributed by atoms with Crippen molar-refractivity contribution in [3.05, 3.63) is 5.15 Å². The highest BCUT2D eigenvalue weighted by Crippen LogP contribution is 2.24. The molecule has 1 atom stereocenters. The summed E-state index contributed by atoms with van der Waals surface area (Å²) in [6.07, 6.45) is 1.24. The Morgan fingerprint density at radius 1 is 1.57 bits per heavy atom. The minimum Gasteiger partial charge on any atom is -0.377 e. The molecule has 1 aliphatic heterocycles. The fourth-order valence-corrected chi connectivity index (χ4v) is 2.33. The highest BCUT2D eigenvalue weighted by atomic mass is 35.5. The van der Waals surface area contributed by atoms with Gasteiger partial charge in [0.1, 0.15) is 0 Å². The summed E-state index contributed by atoms with van der Waals surface area (Å²) in [5, 5.41) is 0.504. The van der Waals surface area contributed by atoms with Gasteiger partial charge in [-0.05, 0) is 13.3 Å². The lowest BCUT2D eigenvalue weighted by Crippen LogP contribution is -2.30. The predicted octanol–water partition coefficient (Wildman–Crippen LogP) is 1.81. The molecule has 1 aliphatic rings. The van der Waals surface area contributed by atoms with Crippen LogP contribution < -0.4 is 4.90 Å². The number of hydrogen-bond donors (Lipinski definition) is 0. The van der Waals surface area contributed by atoms with Gasteiger partial charge in [-0.2, -0.15) is 8.75 Å². The van der Waals surface area contributed by atoms with Crippen LogP contribution in [0.4, 0.5) is 5.82 Å². The number of hydrogen-bond acceptors (Lipinski definition) is 5. The highest BCUT2D eigenvalue weighted by molar-refractivity contribution is 6.99. The van der Waals surface area contributed by atoms with Crippen molar-refractivity contribution in [2.24, 2.45) is 0 Å². The van der Waals surface area contributed by atoms with E-state index in [9.17, 15) is 0 Å². The van der Waals surface area contributed by atoms with Gasteiger partial charge in [0, 0.05) is 19.7 Å². The third kappa shape index (κ3) is 2.16. The molecule has 0 radical (unpaired) electrons. The smallest absolute Gasteiger partial charge is 0.187 e. The lowest BCUT2D eigenvalue weighted by molar-refractivity contribution is 0.0820. The first kappa shape index (κ1) is 10.1. The van der Waals surface area contributed by atoms with E-state index < -0.39 is 0 Å². The molecule has 6 heteroatoms. The summed E-state index contributed by atoms with van der Waals surface area (Å²) in [7, 11) is 0. The lowest BCUT2D eigenvalue weighted by atomic mass is 10.3. The topological polar surface area (TPSA) is 38.2 Å². The zero-order valence-electron chi connectivity index (χ0n) is 7.94. The molecule has 0 aliphatic carbocycles. The van der Waals surface area contributed by atoms with Crippen LogP contribution in [0.3, 0.4) is 0 Å². The van der Waals surface area contributed by atoms with Crippen molar-refractivity contribution in [3.8, 4) is 0 Å². The Labute approximate surface area is 92.2 Å². The molecule has 4 nitrogen and oxygen atoms in total. The molecule has 0 aromatic carbocycles. The molecule has 0 amide bonds. The average molecular weight is 234 g/mol. The van der Waals surface area contributed by atoms with Gasteiger partial charge in [-0.1, -0.05) is 11.6 Å². The van der Waals surface area contributed by atoms with Gasteiger partial charge in [0.05, 0.1) is 17.8 Å². The maximum Gasteiger partial charge on any atom is 0.187 e. The monoisotopic (exact) mass is 233 g/mol. The maximum atomic E-state index is 5.93. The van der Waals surface area contributed by atoms with Gasteiger partial charge in [-0.15, -0.1) is 0 Å². The van der Waals surface area contributed by atoms with Crippen molar-refractivity contribution in [1.29, 1.82) is 0 Å². The summed E-state index contributed by atoms with van der Waals surface area (Å²) < 4.78 is 13.7. The van der Waals surface area contributed by atoms with Gasteiger partial charge < -0.3 is 9.64 Å². The Bertz CT molecular complexity index is 307. The fraction of sp³-hybridized carbons (Fsp3) is 0.750. The molecular weight excluding hydrogens is 222 g/mol. The molecule has 1 aromatic rings. The van der Waals surface area contributed by atoms with E-state index in [1.807, 2.05) is 0 Å². The third-order valence-electron chi connectivity index (χ3n) is 2.18. The first-order chi connectivity index (χ1) is 6.77. The summed E-state index contributed by atoms with van der Waals surface area (Å²) >= 11 is 7.08. The molecule has 0 bridgehead atoms. The molecule has 0 N–H and O–H groups in total. The number of halogens is 1. The van der Waals surface area contributed by atoms with Crippen LogP contribution in [0.5, 0.6) is 0 Å². The standard InChI is InChI=1S/C8H12ClN3OS/c1-6-5-12(3-2-4-13-6)8-7(9)10-14-11-8/h6H,2-5H2,1H3. The zero-order valence-corrected chi connectivity index (χ0v) is 9.51. The Morgan fingerprint density at radius 2 is 2.43 bits per heavy atom. The van der Waals surface area contributed by atoms with Crippen LogP contribution in [0.1, 0.15) is 13.3 Å². The van der Waals surface area contributed by atoms with Crippen LogP contribution in [-0.2, 0) is 4.74 Å². The van der Waals surface area contributed by atoms with E-state index in [0.29, 0.717) is 5.15 Å². The van der Waals surface area contributed by atoms with Crippen LogP contribution in [0.25, 0.3) is 0 Å². The molecule has 0 saturated carbocycles. The van der Waals surface area contributed by atoms with Crippen molar-refractivity contribution in [2.75, 3.05) is 24.6 Å². The molecule has 78 valence electrons. The minimum absolute atomic E-state index is 0.232. The summed E-state index contributed by atoms with van der Waals surface area (Å²) in [5.74, 6) is 0.800. The lowest BCUT2D eigenvalue weighted by Gasteiger charge is -2.21. The summed E-state index contributed by atoms with van der Waals surface area (Å²) in [6.45, 7) is 4.65. The van der Waals surface area contributed by atoms with Crippen molar-refractivity contribution < 1.29 is 4.74 Å². The first-order valence-electron chi connectivity index (χ1n) is 4.62. The van der Waals surface area contributed by atoms with Crippen LogP contribution >= 0.6 is 23.3 Å². The minimum atomic E-state index is 0.232. The number of anilines is 1. The average Bonchev–Trinajstić information content (AvgIpc) is 2.45. The van der Waals surface area contributed by atoms with E-state index in [2.05, 4.69) is 20.6 Å². The maximum absolute atomic E-state index is 5.93. The van der Waals surface area contributed by atoms with Gasteiger partial charge in [-0.25, -0.2) is 0 Å². The molecule has 1 aromatic heterocycles. The Morgan fingerprint density at radius 3 is 3.14 bits per heavy atom. The number of nitrogens with zero attached hydrogens (tertiary/aromatic N) is 3. The Balaban J connectivity index is 2.13. The van der Waals surface area contributed by atoms with Crippen LogP contribution in [0, 0.1) is 0 Å². The second kappa shape index (κ2) is 4.42. The van der Waals surface area contributed by atoms with Gasteiger partial charge >= 0.3 is 0 Å². The molecule has 2 rings (SSSR count). The molecule has 1 unspecified atom stereocenters. The van der Waals surface area contributed by atoms with Gasteiger partial charge in [-0.3, -0.25) is 0 Å². The summed E-state index contributed by atoms with van der Waals surface area (Å²) in [5.41, 5.74) is 0. The number of rotatable bonds is 1. The SMILES string of the molecule is CC1CN(c2nsnc2Cl)CCCO1. The molecule has 1 saturated heterocycles. The number of aromatic nitrogens is 2. The Kier molecular flexibility index (Phi) is 3.20. The van der Waals surface area contributed by atoms with E-state index in [1.54, 1.807) is 0 Å². The first-order valence-corrected chi connectivity index (χ1v) is 5.73. The molecule has 0 spiro atoms. The van der Waals surface area contributed by atoms with Crippen molar-refractivity contribution in [3.63, 3.8) is 0 Å². The van der Waals surface area contributed by atoms with E-state index in [1.165, 1.54) is 0 Å². The van der Waals surface area contributed by atoms with Crippen molar-refractivity contribution in [2.45, 2.75) is 19.4 Å². The summed E-state index contributed by atoms with van der Waals surface area (Å²) in [6, 6.07) is 0. The normalized spacial score (nSPS) is 23.6. The fourth-order valence-electron chi connectivity index (χ4n) is 1.55. The molecule has 2 heterocycles. The van der Waals surface area contributed by atoms with E-state index in [0.717, 1.165) is 43.7 Å². The number of ether oxygens (including phenoxy) is 1. The van der Waals surface area contributed by atoms with Crippen LogP contribution in [0.2, 0.25) is 5.15 Å². The van der Waals surface area contributed by atoms with E-state index in [4.69, 9.17) is 16.3 Å². The quantitative estimate of drug-likeness (QED) is 0.742. The molecule has 1 fully saturated rings. The second-order valence-electron chi connectivity index (χ2n) is 3.36. The van der Waals surface area contributed by atoms with Crippen molar-refractivity contribution >= 4 is 29.1 Å². The highest BCUT2D eigenvalue weighted by Gasteiger charge is 2.19. The zero-order chi connectivity index (χ0) is 9.97. The predicted molar refractivity (Wildman–Crippen MR) is 57.2 cm³/mol.